The van der Waals surface area contributed by atoms with E-state index in [1.165, 1.54) is 12.8 Å². The summed E-state index contributed by atoms with van der Waals surface area (Å²) >= 11 is 0. The average molecular weight is 326 g/mol. The van der Waals surface area contributed by atoms with Crippen LogP contribution in [0.3, 0.4) is 0 Å². The summed E-state index contributed by atoms with van der Waals surface area (Å²) in [5.41, 5.74) is 0.596. The minimum atomic E-state index is 0.0391. The number of hydrogen-bond donors (Lipinski definition) is 1. The van der Waals surface area contributed by atoms with Gasteiger partial charge in [0.15, 0.2) is 0 Å². The van der Waals surface area contributed by atoms with Crippen LogP contribution in [0.4, 0.5) is 0 Å². The second kappa shape index (κ2) is 6.68. The van der Waals surface area contributed by atoms with Crippen molar-refractivity contribution < 1.29 is 4.79 Å². The van der Waals surface area contributed by atoms with E-state index in [4.69, 9.17) is 0 Å². The highest BCUT2D eigenvalue weighted by molar-refractivity contribution is 5.93. The number of rotatable bonds is 4. The van der Waals surface area contributed by atoms with Crippen molar-refractivity contribution in [2.75, 3.05) is 26.2 Å². The Morgan fingerprint density at radius 3 is 2.67 bits per heavy atom. The van der Waals surface area contributed by atoms with Crippen LogP contribution >= 0.6 is 0 Å². The fourth-order valence-corrected chi connectivity index (χ4v) is 3.11. The molecule has 0 aromatic carbocycles. The Bertz CT molecular complexity index is 680. The predicted molar refractivity (Wildman–Crippen MR) is 88.4 cm³/mol. The van der Waals surface area contributed by atoms with Gasteiger partial charge in [-0.15, -0.1) is 0 Å². The first-order valence-corrected chi connectivity index (χ1v) is 8.61. The van der Waals surface area contributed by atoms with Crippen LogP contribution in [-0.4, -0.2) is 61.8 Å². The maximum Gasteiger partial charge on any atom is 0.257 e. The van der Waals surface area contributed by atoms with Crippen molar-refractivity contribution in [2.24, 2.45) is 0 Å². The molecule has 2 aromatic heterocycles. The van der Waals surface area contributed by atoms with Gasteiger partial charge in [0.1, 0.15) is 11.6 Å². The molecule has 1 saturated carbocycles. The Hall–Kier alpha value is -2.28. The molecule has 1 amide bonds. The Morgan fingerprint density at radius 1 is 1.12 bits per heavy atom. The van der Waals surface area contributed by atoms with E-state index in [0.29, 0.717) is 11.5 Å². The molecule has 2 aromatic rings. The fourth-order valence-electron chi connectivity index (χ4n) is 3.11. The molecule has 0 atom stereocenters. The molecule has 7 nitrogen and oxygen atoms in total. The van der Waals surface area contributed by atoms with Gasteiger partial charge in [0.2, 0.25) is 0 Å². The number of carbonyl (C=O) groups excluding carboxylic acids is 1. The molecule has 1 aliphatic heterocycles. The molecule has 126 valence electrons. The highest BCUT2D eigenvalue weighted by atomic mass is 16.2. The number of aromatic nitrogens is 4. The summed E-state index contributed by atoms with van der Waals surface area (Å²) in [5.74, 6) is 2.41. The summed E-state index contributed by atoms with van der Waals surface area (Å²) in [5, 5.41) is 0. The fraction of sp³-hybridized carbons (Fsp3) is 0.529. The van der Waals surface area contributed by atoms with Crippen molar-refractivity contribution in [1.29, 1.82) is 0 Å². The van der Waals surface area contributed by atoms with Crippen molar-refractivity contribution in [3.05, 3.63) is 42.0 Å². The van der Waals surface area contributed by atoms with Crippen molar-refractivity contribution >= 4 is 5.91 Å². The highest BCUT2D eigenvalue weighted by Crippen LogP contribution is 2.37. The van der Waals surface area contributed by atoms with Crippen LogP contribution in [0.5, 0.6) is 0 Å². The second-order valence-electron chi connectivity index (χ2n) is 6.56. The van der Waals surface area contributed by atoms with E-state index >= 15 is 0 Å². The first kappa shape index (κ1) is 15.3. The first-order chi connectivity index (χ1) is 11.8. The number of carbonyl (C=O) groups is 1. The molecule has 3 heterocycles. The number of amides is 1. The lowest BCUT2D eigenvalue weighted by atomic mass is 10.2. The molecule has 0 unspecified atom stereocenters. The molecule has 1 aliphatic carbocycles. The molecule has 0 spiro atoms. The number of hydrogen-bond acceptors (Lipinski definition) is 5. The van der Waals surface area contributed by atoms with E-state index in [1.54, 1.807) is 18.6 Å². The van der Waals surface area contributed by atoms with Gasteiger partial charge in [-0.1, -0.05) is 0 Å². The highest BCUT2D eigenvalue weighted by Gasteiger charge is 2.27. The Labute approximate surface area is 141 Å². The molecule has 1 N–H and O–H groups in total. The minimum absolute atomic E-state index is 0.0391. The summed E-state index contributed by atoms with van der Waals surface area (Å²) < 4.78 is 0. The standard InChI is InChI=1S/C17H22N6O/c24-17(14-10-20-16(21-11-14)13-2-3-13)23-7-1-6-22(8-9-23)12-15-18-4-5-19-15/h4-5,10-11,13H,1-3,6-9,12H2,(H,18,19). The Kier molecular flexibility index (Phi) is 4.25. The molecule has 4 rings (SSSR count). The van der Waals surface area contributed by atoms with Crippen LogP contribution in [0, 0.1) is 0 Å². The maximum atomic E-state index is 12.7. The van der Waals surface area contributed by atoms with Crippen LogP contribution in [0.1, 0.15) is 47.2 Å². The van der Waals surface area contributed by atoms with Gasteiger partial charge in [-0.3, -0.25) is 9.69 Å². The SMILES string of the molecule is O=C(c1cnc(C2CC2)nc1)N1CCCN(Cc2ncc[nH]2)CC1. The van der Waals surface area contributed by atoms with Gasteiger partial charge in [0.25, 0.3) is 5.91 Å². The van der Waals surface area contributed by atoms with E-state index in [0.717, 1.165) is 50.8 Å². The quantitative estimate of drug-likeness (QED) is 0.919. The lowest BCUT2D eigenvalue weighted by molar-refractivity contribution is 0.0760. The lowest BCUT2D eigenvalue weighted by Crippen LogP contribution is -2.35. The van der Waals surface area contributed by atoms with Gasteiger partial charge in [-0.05, 0) is 19.3 Å². The number of aromatic amines is 1. The van der Waals surface area contributed by atoms with E-state index in [-0.39, 0.29) is 5.91 Å². The maximum absolute atomic E-state index is 12.7. The van der Waals surface area contributed by atoms with Crippen LogP contribution in [0.25, 0.3) is 0 Å². The van der Waals surface area contributed by atoms with Crippen LogP contribution in [0.2, 0.25) is 0 Å². The molecule has 2 fully saturated rings. The Morgan fingerprint density at radius 2 is 1.96 bits per heavy atom. The molecule has 0 bridgehead atoms. The summed E-state index contributed by atoms with van der Waals surface area (Å²) in [7, 11) is 0. The normalized spacial score (nSPS) is 19.2. The predicted octanol–water partition coefficient (Wildman–Crippen LogP) is 1.43. The van der Waals surface area contributed by atoms with E-state index in [2.05, 4.69) is 24.8 Å². The minimum Gasteiger partial charge on any atom is -0.348 e. The first-order valence-electron chi connectivity index (χ1n) is 8.61. The largest absolute Gasteiger partial charge is 0.348 e. The molecule has 0 radical (unpaired) electrons. The second-order valence-corrected chi connectivity index (χ2v) is 6.56. The summed E-state index contributed by atoms with van der Waals surface area (Å²) in [6.07, 6.45) is 10.3. The molecule has 1 saturated heterocycles. The van der Waals surface area contributed by atoms with Crippen molar-refractivity contribution in [1.82, 2.24) is 29.7 Å². The van der Waals surface area contributed by atoms with Crippen molar-refractivity contribution in [2.45, 2.75) is 31.7 Å². The van der Waals surface area contributed by atoms with Gasteiger partial charge >= 0.3 is 0 Å². The molecular formula is C17H22N6O. The third-order valence-corrected chi connectivity index (χ3v) is 4.67. The van der Waals surface area contributed by atoms with Gasteiger partial charge in [0, 0.05) is 56.9 Å². The number of imidazole rings is 1. The zero-order chi connectivity index (χ0) is 16.4. The van der Waals surface area contributed by atoms with Crippen molar-refractivity contribution in [3.8, 4) is 0 Å². The zero-order valence-electron chi connectivity index (χ0n) is 13.7. The lowest BCUT2D eigenvalue weighted by Gasteiger charge is -2.21. The topological polar surface area (TPSA) is 78.0 Å². The van der Waals surface area contributed by atoms with Gasteiger partial charge in [0.05, 0.1) is 12.1 Å². The van der Waals surface area contributed by atoms with Crippen LogP contribution < -0.4 is 0 Å². The van der Waals surface area contributed by atoms with Crippen molar-refractivity contribution in [3.63, 3.8) is 0 Å². The van der Waals surface area contributed by atoms with Gasteiger partial charge in [-0.2, -0.15) is 0 Å². The summed E-state index contributed by atoms with van der Waals surface area (Å²) in [4.78, 5) is 33.1. The molecular weight excluding hydrogens is 304 g/mol. The third-order valence-electron chi connectivity index (χ3n) is 4.67. The molecule has 24 heavy (non-hydrogen) atoms. The zero-order valence-corrected chi connectivity index (χ0v) is 13.7. The number of nitrogens with one attached hydrogen (secondary N) is 1. The molecule has 7 heteroatoms. The van der Waals surface area contributed by atoms with E-state index in [1.807, 2.05) is 11.1 Å². The van der Waals surface area contributed by atoms with Gasteiger partial charge < -0.3 is 9.88 Å². The molecule has 2 aliphatic rings. The smallest absolute Gasteiger partial charge is 0.257 e. The summed E-state index contributed by atoms with van der Waals surface area (Å²) in [6, 6.07) is 0. The summed E-state index contributed by atoms with van der Waals surface area (Å²) in [6.45, 7) is 4.13. The third kappa shape index (κ3) is 3.46. The number of H-pyrrole nitrogens is 1. The van der Waals surface area contributed by atoms with Crippen LogP contribution in [0.15, 0.2) is 24.8 Å². The number of nitrogens with zero attached hydrogens (tertiary/aromatic N) is 5. The monoisotopic (exact) mass is 326 g/mol. The van der Waals surface area contributed by atoms with E-state index in [9.17, 15) is 4.79 Å². The Balaban J connectivity index is 1.36. The average Bonchev–Trinajstić information content (AvgIpc) is 3.38. The van der Waals surface area contributed by atoms with Gasteiger partial charge in [-0.25, -0.2) is 15.0 Å². The van der Waals surface area contributed by atoms with Crippen LogP contribution in [-0.2, 0) is 6.54 Å². The van der Waals surface area contributed by atoms with E-state index < -0.39 is 0 Å².